The van der Waals surface area contributed by atoms with Crippen molar-refractivity contribution in [3.8, 4) is 0 Å². The van der Waals surface area contributed by atoms with E-state index in [0.29, 0.717) is 0 Å². The highest BCUT2D eigenvalue weighted by molar-refractivity contribution is 6.43. The Morgan fingerprint density at radius 2 is 2.00 bits per heavy atom. The van der Waals surface area contributed by atoms with Crippen LogP contribution < -0.4 is 5.73 Å². The van der Waals surface area contributed by atoms with Crippen LogP contribution in [0, 0.1) is 10.1 Å². The van der Waals surface area contributed by atoms with Crippen molar-refractivity contribution in [2.24, 2.45) is 0 Å². The molecule has 0 bridgehead atoms. The van der Waals surface area contributed by atoms with Crippen LogP contribution in [0.1, 0.15) is 0 Å². The summed E-state index contributed by atoms with van der Waals surface area (Å²) in [5.41, 5.74) is 5.26. The van der Waals surface area contributed by atoms with Gasteiger partial charge in [-0.2, -0.15) is 0 Å². The molecule has 0 atom stereocenters. The van der Waals surface area contributed by atoms with E-state index in [9.17, 15) is 10.1 Å². The molecule has 0 heterocycles. The number of nitrogens with zero attached hydrogens (tertiary/aromatic N) is 1. The molecule has 0 saturated carbocycles. The highest BCUT2D eigenvalue weighted by atomic mass is 35.5. The molecule has 0 saturated heterocycles. The minimum atomic E-state index is -0.634. The Morgan fingerprint density at radius 1 is 1.42 bits per heavy atom. The van der Waals surface area contributed by atoms with E-state index in [1.807, 2.05) is 0 Å². The molecule has 0 aliphatic rings. The van der Waals surface area contributed by atoms with E-state index in [1.54, 1.807) is 0 Å². The number of nitro benzene ring substituents is 1. The fraction of sp³-hybridized carbons (Fsp3) is 0. The average molecular weight is 207 g/mol. The van der Waals surface area contributed by atoms with Gasteiger partial charge >= 0.3 is 0 Å². The monoisotopic (exact) mass is 206 g/mol. The summed E-state index contributed by atoms with van der Waals surface area (Å²) in [5, 5.41) is 10.3. The van der Waals surface area contributed by atoms with Crippen LogP contribution in [0.2, 0.25) is 10.0 Å². The molecule has 1 rings (SSSR count). The van der Waals surface area contributed by atoms with Crippen LogP contribution in [0.4, 0.5) is 11.4 Å². The van der Waals surface area contributed by atoms with Crippen LogP contribution in [0.5, 0.6) is 0 Å². The lowest BCUT2D eigenvalue weighted by atomic mass is 10.3. The summed E-state index contributed by atoms with van der Waals surface area (Å²) in [6, 6.07) is 2.52. The van der Waals surface area contributed by atoms with Crippen LogP contribution in [0.15, 0.2) is 12.1 Å². The maximum atomic E-state index is 10.3. The molecule has 0 aliphatic carbocycles. The van der Waals surface area contributed by atoms with Crippen LogP contribution in [0.25, 0.3) is 0 Å². The molecule has 4 nitrogen and oxygen atoms in total. The lowest BCUT2D eigenvalue weighted by molar-refractivity contribution is -0.384. The standard InChI is InChI=1S/C6H4Cl2N2O2/c7-4-1-3(9)2-5(6(4)8)10(11)12/h1-2H,9H2. The van der Waals surface area contributed by atoms with Gasteiger partial charge < -0.3 is 5.73 Å². The van der Waals surface area contributed by atoms with Crippen LogP contribution in [-0.4, -0.2) is 4.92 Å². The topological polar surface area (TPSA) is 69.2 Å². The van der Waals surface area contributed by atoms with E-state index in [0.717, 1.165) is 6.07 Å². The molecule has 1 aromatic rings. The molecule has 0 aliphatic heterocycles. The van der Waals surface area contributed by atoms with Gasteiger partial charge in [-0.1, -0.05) is 23.2 Å². The summed E-state index contributed by atoms with van der Waals surface area (Å²) in [6.45, 7) is 0. The number of hydrogen-bond donors (Lipinski definition) is 1. The minimum Gasteiger partial charge on any atom is -0.398 e. The molecular formula is C6H4Cl2N2O2. The van der Waals surface area contributed by atoms with Crippen molar-refractivity contribution < 1.29 is 4.92 Å². The van der Waals surface area contributed by atoms with Gasteiger partial charge in [0, 0.05) is 11.8 Å². The van der Waals surface area contributed by atoms with Crippen molar-refractivity contribution in [3.05, 3.63) is 32.3 Å². The molecule has 64 valence electrons. The summed E-state index contributed by atoms with van der Waals surface area (Å²) in [4.78, 5) is 9.70. The molecule has 0 radical (unpaired) electrons. The van der Waals surface area contributed by atoms with Gasteiger partial charge in [0.05, 0.1) is 9.95 Å². The zero-order valence-corrected chi connectivity index (χ0v) is 7.26. The molecule has 0 aromatic heterocycles. The first kappa shape index (κ1) is 9.09. The number of nitrogens with two attached hydrogens (primary N) is 1. The Bertz CT molecular complexity index is 341. The quantitative estimate of drug-likeness (QED) is 0.436. The van der Waals surface area contributed by atoms with Crippen molar-refractivity contribution in [1.82, 2.24) is 0 Å². The molecule has 2 N–H and O–H groups in total. The first-order valence-electron chi connectivity index (χ1n) is 2.91. The van der Waals surface area contributed by atoms with Gasteiger partial charge in [0.2, 0.25) is 0 Å². The fourth-order valence-electron chi connectivity index (χ4n) is 0.728. The van der Waals surface area contributed by atoms with Crippen molar-refractivity contribution in [3.63, 3.8) is 0 Å². The summed E-state index contributed by atoms with van der Waals surface area (Å²) in [5.74, 6) is 0. The second-order valence-corrected chi connectivity index (χ2v) is 2.88. The zero-order chi connectivity index (χ0) is 9.30. The van der Waals surface area contributed by atoms with Gasteiger partial charge in [0.15, 0.2) is 0 Å². The third-order valence-electron chi connectivity index (χ3n) is 1.23. The molecule has 1 aromatic carbocycles. The van der Waals surface area contributed by atoms with Gasteiger partial charge in [-0.25, -0.2) is 0 Å². The van der Waals surface area contributed by atoms with Crippen LogP contribution >= 0.6 is 23.2 Å². The number of nitro groups is 1. The van der Waals surface area contributed by atoms with E-state index in [-0.39, 0.29) is 21.4 Å². The average Bonchev–Trinajstić information content (AvgIpc) is 1.96. The Morgan fingerprint density at radius 3 is 2.50 bits per heavy atom. The van der Waals surface area contributed by atoms with E-state index in [2.05, 4.69) is 0 Å². The van der Waals surface area contributed by atoms with E-state index >= 15 is 0 Å². The van der Waals surface area contributed by atoms with Crippen LogP contribution in [0.3, 0.4) is 0 Å². The molecule has 0 spiro atoms. The first-order chi connectivity index (χ1) is 5.52. The number of anilines is 1. The maximum absolute atomic E-state index is 10.3. The predicted octanol–water partition coefficient (Wildman–Crippen LogP) is 2.48. The number of hydrogen-bond acceptors (Lipinski definition) is 3. The SMILES string of the molecule is Nc1cc(Cl)c(Cl)c([N+](=O)[O-])c1. The lowest BCUT2D eigenvalue weighted by Crippen LogP contribution is -1.92. The second kappa shape index (κ2) is 3.16. The molecule has 0 fully saturated rings. The Labute approximate surface area is 78.0 Å². The van der Waals surface area contributed by atoms with Crippen LogP contribution in [-0.2, 0) is 0 Å². The number of halogens is 2. The molecular weight excluding hydrogens is 203 g/mol. The summed E-state index contributed by atoms with van der Waals surface area (Å²) in [7, 11) is 0. The normalized spacial score (nSPS) is 9.83. The maximum Gasteiger partial charge on any atom is 0.291 e. The van der Waals surface area contributed by atoms with Gasteiger partial charge in [-0.3, -0.25) is 10.1 Å². The van der Waals surface area contributed by atoms with Crippen molar-refractivity contribution in [2.45, 2.75) is 0 Å². The summed E-state index contributed by atoms with van der Waals surface area (Å²) >= 11 is 11.1. The fourth-order valence-corrected chi connectivity index (χ4v) is 1.13. The Balaban J connectivity index is 3.37. The van der Waals surface area contributed by atoms with E-state index in [1.165, 1.54) is 6.07 Å². The van der Waals surface area contributed by atoms with Gasteiger partial charge in [0.25, 0.3) is 5.69 Å². The molecule has 0 unspecified atom stereocenters. The largest absolute Gasteiger partial charge is 0.398 e. The summed E-state index contributed by atoms with van der Waals surface area (Å²) < 4.78 is 0. The van der Waals surface area contributed by atoms with Gasteiger partial charge in [-0.05, 0) is 6.07 Å². The van der Waals surface area contributed by atoms with Crippen molar-refractivity contribution in [1.29, 1.82) is 0 Å². The first-order valence-corrected chi connectivity index (χ1v) is 3.67. The van der Waals surface area contributed by atoms with Crippen molar-refractivity contribution in [2.75, 3.05) is 5.73 Å². The third-order valence-corrected chi connectivity index (χ3v) is 2.02. The second-order valence-electron chi connectivity index (χ2n) is 2.09. The Kier molecular flexibility index (Phi) is 2.40. The predicted molar refractivity (Wildman–Crippen MR) is 47.5 cm³/mol. The number of rotatable bonds is 1. The number of nitrogen functional groups attached to an aromatic ring is 1. The highest BCUT2D eigenvalue weighted by Crippen LogP contribution is 2.33. The van der Waals surface area contributed by atoms with Gasteiger partial charge in [-0.15, -0.1) is 0 Å². The van der Waals surface area contributed by atoms with E-state index < -0.39 is 4.92 Å². The number of benzene rings is 1. The molecule has 6 heteroatoms. The van der Waals surface area contributed by atoms with E-state index in [4.69, 9.17) is 28.9 Å². The lowest BCUT2D eigenvalue weighted by Gasteiger charge is -1.98. The van der Waals surface area contributed by atoms with Gasteiger partial charge in [0.1, 0.15) is 5.02 Å². The molecule has 0 amide bonds. The zero-order valence-electron chi connectivity index (χ0n) is 5.75. The van der Waals surface area contributed by atoms with Crippen molar-refractivity contribution >= 4 is 34.6 Å². The summed E-state index contributed by atoms with van der Waals surface area (Å²) in [6.07, 6.45) is 0. The minimum absolute atomic E-state index is 0.0865. The third kappa shape index (κ3) is 1.60. The molecule has 12 heavy (non-hydrogen) atoms. The Hall–Kier alpha value is -1.00. The highest BCUT2D eigenvalue weighted by Gasteiger charge is 2.15. The smallest absolute Gasteiger partial charge is 0.291 e.